The smallest absolute Gasteiger partial charge is 0.261 e. The van der Waals surface area contributed by atoms with E-state index in [1.54, 1.807) is 30.6 Å². The largest absolute Gasteiger partial charge is 0.342 e. The summed E-state index contributed by atoms with van der Waals surface area (Å²) in [6, 6.07) is 12.6. The van der Waals surface area contributed by atoms with Crippen molar-refractivity contribution in [3.05, 3.63) is 65.1 Å². The first-order valence-corrected chi connectivity index (χ1v) is 8.09. The number of pyridine rings is 2. The van der Waals surface area contributed by atoms with Crippen LogP contribution >= 0.6 is 11.3 Å². The lowest BCUT2D eigenvalue weighted by atomic mass is 10.2. The van der Waals surface area contributed by atoms with Gasteiger partial charge in [0.05, 0.1) is 17.1 Å². The number of carbonyl (C=O) groups excluding carboxylic acids is 2. The minimum atomic E-state index is -0.335. The highest BCUT2D eigenvalue weighted by Gasteiger charge is 2.09. The van der Waals surface area contributed by atoms with Crippen LogP contribution in [0.4, 0.5) is 5.82 Å². The van der Waals surface area contributed by atoms with Crippen molar-refractivity contribution < 1.29 is 9.59 Å². The van der Waals surface area contributed by atoms with Crippen LogP contribution in [0.1, 0.15) is 9.67 Å². The molecule has 0 spiro atoms. The van der Waals surface area contributed by atoms with Crippen molar-refractivity contribution >= 4 is 29.0 Å². The first kappa shape index (κ1) is 15.8. The Labute approximate surface area is 142 Å². The summed E-state index contributed by atoms with van der Waals surface area (Å²) in [6.07, 6.45) is 3.35. The van der Waals surface area contributed by atoms with Crippen LogP contribution in [0.3, 0.4) is 0 Å². The van der Waals surface area contributed by atoms with Gasteiger partial charge in [0.15, 0.2) is 0 Å². The molecule has 120 valence electrons. The number of anilines is 1. The van der Waals surface area contributed by atoms with Gasteiger partial charge in [-0.2, -0.15) is 0 Å². The third kappa shape index (κ3) is 4.02. The fraction of sp³-hybridized carbons (Fsp3) is 0.0588. The molecule has 0 saturated carbocycles. The average molecular weight is 338 g/mol. The molecule has 0 aliphatic carbocycles. The zero-order valence-corrected chi connectivity index (χ0v) is 13.4. The minimum absolute atomic E-state index is 0.111. The summed E-state index contributed by atoms with van der Waals surface area (Å²) in [5, 5.41) is 7.01. The normalized spacial score (nSPS) is 10.2. The van der Waals surface area contributed by atoms with E-state index in [4.69, 9.17) is 0 Å². The standard InChI is InChI=1S/C17H14N4O2S/c22-16(11-20-17(23)14-5-3-9-24-14)21-15-7-6-12(10-19-15)13-4-1-2-8-18-13/h1-10H,11H2,(H,20,23)(H,19,21,22). The van der Waals surface area contributed by atoms with E-state index in [0.717, 1.165) is 11.3 Å². The summed E-state index contributed by atoms with van der Waals surface area (Å²) >= 11 is 1.32. The number of thiophene rings is 1. The molecule has 0 aliphatic rings. The molecule has 24 heavy (non-hydrogen) atoms. The molecule has 2 N–H and O–H groups in total. The molecule has 0 unspecified atom stereocenters. The topological polar surface area (TPSA) is 84.0 Å². The second-order valence-corrected chi connectivity index (χ2v) is 5.80. The van der Waals surface area contributed by atoms with Crippen molar-refractivity contribution in [3.63, 3.8) is 0 Å². The van der Waals surface area contributed by atoms with E-state index in [1.165, 1.54) is 11.3 Å². The highest BCUT2D eigenvalue weighted by atomic mass is 32.1. The van der Waals surface area contributed by atoms with Crippen LogP contribution in [0.25, 0.3) is 11.3 Å². The van der Waals surface area contributed by atoms with Gasteiger partial charge < -0.3 is 10.6 Å². The van der Waals surface area contributed by atoms with Crippen LogP contribution in [0.2, 0.25) is 0 Å². The second-order valence-electron chi connectivity index (χ2n) is 4.86. The molecule has 3 aromatic heterocycles. The zero-order valence-electron chi connectivity index (χ0n) is 12.6. The van der Waals surface area contributed by atoms with Gasteiger partial charge in [-0.15, -0.1) is 11.3 Å². The molecule has 0 aliphatic heterocycles. The van der Waals surface area contributed by atoms with E-state index in [-0.39, 0.29) is 18.4 Å². The molecule has 0 bridgehead atoms. The monoisotopic (exact) mass is 338 g/mol. The number of carbonyl (C=O) groups is 2. The van der Waals surface area contributed by atoms with Gasteiger partial charge >= 0.3 is 0 Å². The minimum Gasteiger partial charge on any atom is -0.342 e. The average Bonchev–Trinajstić information content (AvgIpc) is 3.16. The van der Waals surface area contributed by atoms with Gasteiger partial charge in [-0.05, 0) is 35.7 Å². The highest BCUT2D eigenvalue weighted by molar-refractivity contribution is 7.12. The molecule has 0 atom stereocenters. The molecule has 3 rings (SSSR count). The third-order valence-electron chi connectivity index (χ3n) is 3.15. The molecular weight excluding hydrogens is 324 g/mol. The lowest BCUT2D eigenvalue weighted by Crippen LogP contribution is -2.32. The van der Waals surface area contributed by atoms with Crippen molar-refractivity contribution in [1.82, 2.24) is 15.3 Å². The summed E-state index contributed by atoms with van der Waals surface area (Å²) in [4.78, 5) is 32.6. The molecule has 6 nitrogen and oxygen atoms in total. The predicted octanol–water partition coefficient (Wildman–Crippen LogP) is 2.57. The van der Waals surface area contributed by atoms with Gasteiger partial charge in [0.25, 0.3) is 5.91 Å². The van der Waals surface area contributed by atoms with Crippen molar-refractivity contribution in [3.8, 4) is 11.3 Å². The Hall–Kier alpha value is -3.06. The lowest BCUT2D eigenvalue weighted by molar-refractivity contribution is -0.115. The summed E-state index contributed by atoms with van der Waals surface area (Å²) in [5.74, 6) is -0.179. The molecule has 0 aromatic carbocycles. The maximum absolute atomic E-state index is 11.9. The number of hydrogen-bond acceptors (Lipinski definition) is 5. The number of amides is 2. The van der Waals surface area contributed by atoms with Crippen LogP contribution in [0.5, 0.6) is 0 Å². The van der Waals surface area contributed by atoms with E-state index in [0.29, 0.717) is 10.7 Å². The highest BCUT2D eigenvalue weighted by Crippen LogP contribution is 2.16. The number of hydrogen-bond donors (Lipinski definition) is 2. The number of rotatable bonds is 5. The number of nitrogens with zero attached hydrogens (tertiary/aromatic N) is 2. The quantitative estimate of drug-likeness (QED) is 0.749. The van der Waals surface area contributed by atoms with E-state index in [1.807, 2.05) is 29.6 Å². The van der Waals surface area contributed by atoms with E-state index in [2.05, 4.69) is 20.6 Å². The Morgan fingerprint density at radius 1 is 1.04 bits per heavy atom. The molecule has 2 amide bonds. The molecule has 0 fully saturated rings. The molecule has 7 heteroatoms. The van der Waals surface area contributed by atoms with Crippen LogP contribution in [-0.4, -0.2) is 28.3 Å². The molecule has 3 aromatic rings. The van der Waals surface area contributed by atoms with Crippen LogP contribution < -0.4 is 10.6 Å². The Balaban J connectivity index is 1.54. The maximum Gasteiger partial charge on any atom is 0.261 e. The Kier molecular flexibility index (Phi) is 4.93. The summed E-state index contributed by atoms with van der Waals surface area (Å²) in [7, 11) is 0. The summed E-state index contributed by atoms with van der Waals surface area (Å²) in [5.41, 5.74) is 1.67. The summed E-state index contributed by atoms with van der Waals surface area (Å²) in [6.45, 7) is -0.111. The van der Waals surface area contributed by atoms with Crippen molar-refractivity contribution in [1.29, 1.82) is 0 Å². The van der Waals surface area contributed by atoms with Crippen molar-refractivity contribution in [2.45, 2.75) is 0 Å². The fourth-order valence-corrected chi connectivity index (χ4v) is 2.64. The molecule has 3 heterocycles. The van der Waals surface area contributed by atoms with Gasteiger partial charge in [-0.1, -0.05) is 12.1 Å². The van der Waals surface area contributed by atoms with E-state index < -0.39 is 0 Å². The molecule has 0 saturated heterocycles. The van der Waals surface area contributed by atoms with Gasteiger partial charge in [-0.25, -0.2) is 4.98 Å². The summed E-state index contributed by atoms with van der Waals surface area (Å²) < 4.78 is 0. The van der Waals surface area contributed by atoms with Gasteiger partial charge in [-0.3, -0.25) is 14.6 Å². The fourth-order valence-electron chi connectivity index (χ4n) is 2.00. The first-order chi connectivity index (χ1) is 11.7. The number of nitrogens with one attached hydrogen (secondary N) is 2. The van der Waals surface area contributed by atoms with E-state index in [9.17, 15) is 9.59 Å². The van der Waals surface area contributed by atoms with Crippen LogP contribution in [0.15, 0.2) is 60.2 Å². The van der Waals surface area contributed by atoms with E-state index >= 15 is 0 Å². The Morgan fingerprint density at radius 2 is 1.96 bits per heavy atom. The second kappa shape index (κ2) is 7.47. The van der Waals surface area contributed by atoms with Crippen molar-refractivity contribution in [2.24, 2.45) is 0 Å². The van der Waals surface area contributed by atoms with Gasteiger partial charge in [0.1, 0.15) is 5.82 Å². The van der Waals surface area contributed by atoms with Gasteiger partial charge in [0.2, 0.25) is 5.91 Å². The maximum atomic E-state index is 11.9. The van der Waals surface area contributed by atoms with Crippen LogP contribution in [0, 0.1) is 0 Å². The van der Waals surface area contributed by atoms with Crippen molar-refractivity contribution in [2.75, 3.05) is 11.9 Å². The molecule has 0 radical (unpaired) electrons. The Morgan fingerprint density at radius 3 is 2.62 bits per heavy atom. The zero-order chi connectivity index (χ0) is 16.8. The first-order valence-electron chi connectivity index (χ1n) is 7.21. The van der Waals surface area contributed by atoms with Gasteiger partial charge in [0, 0.05) is 18.0 Å². The SMILES string of the molecule is O=C(CNC(=O)c1cccs1)Nc1ccc(-c2ccccn2)cn1. The van der Waals surface area contributed by atoms with Crippen LogP contribution in [-0.2, 0) is 4.79 Å². The number of aromatic nitrogens is 2. The Bertz CT molecular complexity index is 818. The lowest BCUT2D eigenvalue weighted by Gasteiger charge is -2.06. The molecular formula is C17H14N4O2S. The third-order valence-corrected chi connectivity index (χ3v) is 4.01. The predicted molar refractivity (Wildman–Crippen MR) is 92.7 cm³/mol.